The van der Waals surface area contributed by atoms with Crippen molar-refractivity contribution in [2.75, 3.05) is 36.1 Å². The van der Waals surface area contributed by atoms with Crippen LogP contribution in [-0.4, -0.2) is 56.5 Å². The van der Waals surface area contributed by atoms with Gasteiger partial charge in [0.2, 0.25) is 0 Å². The van der Waals surface area contributed by atoms with Crippen LogP contribution in [0.1, 0.15) is 48.7 Å². The molecule has 0 bridgehead atoms. The molecule has 1 aromatic heterocycles. The smallest absolute Gasteiger partial charge is 0.254 e. The SMILES string of the molecule is CCOc1c(Cl)cc(C(=O)N(Cc2ccc(N3CCCCC3)o2)C2CCS(=O)(=O)C2)cc1Cl. The van der Waals surface area contributed by atoms with Gasteiger partial charge in [0.1, 0.15) is 5.76 Å². The third-order valence-electron chi connectivity index (χ3n) is 6.09. The predicted molar refractivity (Wildman–Crippen MR) is 129 cm³/mol. The van der Waals surface area contributed by atoms with E-state index in [0.29, 0.717) is 24.5 Å². The van der Waals surface area contributed by atoms with Crippen LogP contribution in [0.5, 0.6) is 5.75 Å². The first kappa shape index (κ1) is 24.2. The quantitative estimate of drug-likeness (QED) is 0.527. The molecule has 4 rings (SSSR count). The van der Waals surface area contributed by atoms with Gasteiger partial charge in [-0.3, -0.25) is 4.79 Å². The maximum Gasteiger partial charge on any atom is 0.254 e. The molecule has 1 aromatic carbocycles. The Labute approximate surface area is 204 Å². The average molecular weight is 515 g/mol. The van der Waals surface area contributed by atoms with E-state index in [9.17, 15) is 13.2 Å². The molecule has 7 nitrogen and oxygen atoms in total. The summed E-state index contributed by atoms with van der Waals surface area (Å²) in [6.45, 7) is 4.25. The van der Waals surface area contributed by atoms with Gasteiger partial charge in [0.25, 0.3) is 5.91 Å². The number of carbonyl (C=O) groups is 1. The van der Waals surface area contributed by atoms with Crippen LogP contribution in [0.25, 0.3) is 0 Å². The van der Waals surface area contributed by atoms with Crippen molar-refractivity contribution in [3.05, 3.63) is 45.6 Å². The van der Waals surface area contributed by atoms with Gasteiger partial charge in [-0.2, -0.15) is 0 Å². The Morgan fingerprint density at radius 1 is 1.18 bits per heavy atom. The van der Waals surface area contributed by atoms with Gasteiger partial charge in [0, 0.05) is 30.8 Å². The summed E-state index contributed by atoms with van der Waals surface area (Å²) in [6.07, 6.45) is 3.85. The van der Waals surface area contributed by atoms with Crippen LogP contribution < -0.4 is 9.64 Å². The van der Waals surface area contributed by atoms with Crippen molar-refractivity contribution in [3.8, 4) is 5.75 Å². The van der Waals surface area contributed by atoms with Crippen molar-refractivity contribution in [1.29, 1.82) is 0 Å². The Hall–Kier alpha value is -1.90. The van der Waals surface area contributed by atoms with Gasteiger partial charge in [-0.05, 0) is 50.8 Å². The Morgan fingerprint density at radius 2 is 1.88 bits per heavy atom. The predicted octanol–water partition coefficient (Wildman–Crippen LogP) is 4.80. The van der Waals surface area contributed by atoms with E-state index >= 15 is 0 Å². The maximum atomic E-state index is 13.6. The number of carbonyl (C=O) groups excluding carboxylic acids is 1. The molecule has 2 aliphatic heterocycles. The highest BCUT2D eigenvalue weighted by Crippen LogP contribution is 2.35. The number of piperidine rings is 1. The van der Waals surface area contributed by atoms with Crippen LogP contribution in [0, 0.1) is 0 Å². The highest BCUT2D eigenvalue weighted by molar-refractivity contribution is 7.91. The van der Waals surface area contributed by atoms with Gasteiger partial charge < -0.3 is 19.0 Å². The highest BCUT2D eigenvalue weighted by Gasteiger charge is 2.36. The molecule has 10 heteroatoms. The minimum absolute atomic E-state index is 0.0589. The molecule has 1 unspecified atom stereocenters. The van der Waals surface area contributed by atoms with Gasteiger partial charge in [-0.15, -0.1) is 0 Å². The van der Waals surface area contributed by atoms with E-state index in [0.717, 1.165) is 31.8 Å². The van der Waals surface area contributed by atoms with Crippen LogP contribution in [0.3, 0.4) is 0 Å². The van der Waals surface area contributed by atoms with Gasteiger partial charge in [0.15, 0.2) is 21.5 Å². The number of amides is 1. The van der Waals surface area contributed by atoms with Crippen LogP contribution in [0.4, 0.5) is 5.88 Å². The van der Waals surface area contributed by atoms with Gasteiger partial charge in [-0.1, -0.05) is 23.2 Å². The molecule has 0 saturated carbocycles. The summed E-state index contributed by atoms with van der Waals surface area (Å²) in [5.41, 5.74) is 0.278. The van der Waals surface area contributed by atoms with E-state index in [4.69, 9.17) is 32.4 Å². The average Bonchev–Trinajstić information content (AvgIpc) is 3.40. The lowest BCUT2D eigenvalue weighted by molar-refractivity contribution is 0.0666. The number of hydrogen-bond donors (Lipinski definition) is 0. The van der Waals surface area contributed by atoms with Crippen LogP contribution >= 0.6 is 23.2 Å². The topological polar surface area (TPSA) is 80.1 Å². The van der Waals surface area contributed by atoms with E-state index in [1.807, 2.05) is 19.1 Å². The molecule has 2 aromatic rings. The summed E-state index contributed by atoms with van der Waals surface area (Å²) in [7, 11) is -3.20. The molecule has 2 fully saturated rings. The fourth-order valence-electron chi connectivity index (χ4n) is 4.42. The zero-order valence-corrected chi connectivity index (χ0v) is 20.9. The number of furan rings is 1. The second-order valence-corrected chi connectivity index (χ2v) is 11.5. The Morgan fingerprint density at radius 3 is 2.48 bits per heavy atom. The molecule has 0 aliphatic carbocycles. The minimum atomic E-state index is -3.20. The summed E-state index contributed by atoms with van der Waals surface area (Å²) in [5.74, 6) is 1.35. The highest BCUT2D eigenvalue weighted by atomic mass is 35.5. The molecule has 3 heterocycles. The normalized spacial score (nSPS) is 20.1. The van der Waals surface area contributed by atoms with Crippen molar-refractivity contribution in [2.24, 2.45) is 0 Å². The summed E-state index contributed by atoms with van der Waals surface area (Å²) >= 11 is 12.6. The van der Waals surface area contributed by atoms with Crippen molar-refractivity contribution in [3.63, 3.8) is 0 Å². The summed E-state index contributed by atoms with van der Waals surface area (Å²) in [4.78, 5) is 17.3. The molecular weight excluding hydrogens is 487 g/mol. The number of ether oxygens (including phenoxy) is 1. The van der Waals surface area contributed by atoms with Gasteiger partial charge in [-0.25, -0.2) is 8.42 Å². The van der Waals surface area contributed by atoms with Crippen molar-refractivity contribution in [1.82, 2.24) is 4.90 Å². The summed E-state index contributed by atoms with van der Waals surface area (Å²) in [6, 6.07) is 6.34. The van der Waals surface area contributed by atoms with Crippen molar-refractivity contribution >= 4 is 44.8 Å². The first-order valence-electron chi connectivity index (χ1n) is 11.2. The number of rotatable bonds is 7. The fraction of sp³-hybridized carbons (Fsp3) is 0.522. The zero-order valence-electron chi connectivity index (χ0n) is 18.6. The van der Waals surface area contributed by atoms with E-state index in [-0.39, 0.29) is 39.6 Å². The van der Waals surface area contributed by atoms with Gasteiger partial charge >= 0.3 is 0 Å². The first-order chi connectivity index (χ1) is 15.8. The lowest BCUT2D eigenvalue weighted by Crippen LogP contribution is -2.40. The number of nitrogens with zero attached hydrogens (tertiary/aromatic N) is 2. The van der Waals surface area contributed by atoms with Crippen molar-refractivity contribution < 1.29 is 22.4 Å². The Bertz CT molecular complexity index is 1090. The summed E-state index contributed by atoms with van der Waals surface area (Å²) < 4.78 is 35.8. The number of benzene rings is 1. The lowest BCUT2D eigenvalue weighted by Gasteiger charge is -2.28. The van der Waals surface area contributed by atoms with Crippen molar-refractivity contribution in [2.45, 2.75) is 45.2 Å². The molecule has 1 amide bonds. The third kappa shape index (κ3) is 5.61. The molecule has 0 N–H and O–H groups in total. The molecule has 1 atom stereocenters. The zero-order chi connectivity index (χ0) is 23.6. The maximum absolute atomic E-state index is 13.6. The van der Waals surface area contributed by atoms with E-state index < -0.39 is 15.9 Å². The van der Waals surface area contributed by atoms with Gasteiger partial charge in [0.05, 0.1) is 34.7 Å². The Balaban J connectivity index is 1.60. The van der Waals surface area contributed by atoms with Crippen LogP contribution in [0.15, 0.2) is 28.7 Å². The number of anilines is 1. The second kappa shape index (κ2) is 10.2. The molecular formula is C23H28Cl2N2O5S. The lowest BCUT2D eigenvalue weighted by atomic mass is 10.1. The molecule has 180 valence electrons. The molecule has 0 radical (unpaired) electrons. The second-order valence-electron chi connectivity index (χ2n) is 8.48. The number of halogens is 2. The largest absolute Gasteiger partial charge is 0.491 e. The fourth-order valence-corrected chi connectivity index (χ4v) is 6.75. The third-order valence-corrected chi connectivity index (χ3v) is 8.40. The molecule has 0 spiro atoms. The van der Waals surface area contributed by atoms with Crippen LogP contribution in [0.2, 0.25) is 10.0 Å². The molecule has 2 saturated heterocycles. The molecule has 2 aliphatic rings. The van der Waals surface area contributed by atoms with E-state index in [1.165, 1.54) is 18.6 Å². The van der Waals surface area contributed by atoms with Crippen LogP contribution in [-0.2, 0) is 16.4 Å². The first-order valence-corrected chi connectivity index (χ1v) is 13.8. The Kier molecular flexibility index (Phi) is 7.46. The number of sulfone groups is 1. The van der Waals surface area contributed by atoms with E-state index in [2.05, 4.69) is 4.90 Å². The summed E-state index contributed by atoms with van der Waals surface area (Å²) in [5, 5.41) is 0.467. The standard InChI is InChI=1S/C23H28Cl2N2O5S/c1-2-31-22-19(24)12-16(13-20(22)25)23(28)27(17-8-11-33(29,30)15-17)14-18-6-7-21(32-18)26-9-4-3-5-10-26/h6-7,12-13,17H,2-5,8-11,14-15H2,1H3. The molecule has 33 heavy (non-hydrogen) atoms. The monoisotopic (exact) mass is 514 g/mol. The van der Waals surface area contributed by atoms with E-state index in [1.54, 1.807) is 4.90 Å². The minimum Gasteiger partial charge on any atom is -0.491 e. The number of hydrogen-bond acceptors (Lipinski definition) is 6.